The highest BCUT2D eigenvalue weighted by Gasteiger charge is 2.16. The Bertz CT molecular complexity index is 1660. The van der Waals surface area contributed by atoms with E-state index in [9.17, 15) is 9.18 Å². The van der Waals surface area contributed by atoms with E-state index in [0.717, 1.165) is 40.4 Å². The predicted octanol–water partition coefficient (Wildman–Crippen LogP) is 7.38. The molecular formula is C35H34FN3O4S. The summed E-state index contributed by atoms with van der Waals surface area (Å²) in [6.45, 7) is 2.45. The fraction of sp³-hybridized carbons (Fsp3) is 0.200. The highest BCUT2D eigenvalue weighted by molar-refractivity contribution is 7.09. The van der Waals surface area contributed by atoms with Crippen LogP contribution in [0.25, 0.3) is 0 Å². The number of rotatable bonds is 14. The minimum absolute atomic E-state index is 0.125. The number of amides is 1. The van der Waals surface area contributed by atoms with Crippen molar-refractivity contribution in [2.45, 2.75) is 26.1 Å². The molecule has 1 heterocycles. The van der Waals surface area contributed by atoms with E-state index in [1.165, 1.54) is 23.5 Å². The number of para-hydroxylation sites is 1. The lowest BCUT2D eigenvalue weighted by Crippen LogP contribution is -2.25. The van der Waals surface area contributed by atoms with Crippen LogP contribution < -0.4 is 19.5 Å². The molecule has 7 nitrogen and oxygen atoms in total. The zero-order valence-electron chi connectivity index (χ0n) is 24.7. The number of halogens is 1. The molecule has 44 heavy (non-hydrogen) atoms. The highest BCUT2D eigenvalue weighted by atomic mass is 32.1. The Balaban J connectivity index is 1.27. The fourth-order valence-corrected chi connectivity index (χ4v) is 5.47. The monoisotopic (exact) mass is 611 g/mol. The van der Waals surface area contributed by atoms with Crippen molar-refractivity contribution < 1.29 is 23.4 Å². The van der Waals surface area contributed by atoms with Gasteiger partial charge in [-0.1, -0.05) is 60.7 Å². The largest absolute Gasteiger partial charge is 0.493 e. The molecule has 0 radical (unpaired) electrons. The van der Waals surface area contributed by atoms with Crippen LogP contribution >= 0.6 is 11.3 Å². The van der Waals surface area contributed by atoms with Crippen LogP contribution in [0.15, 0.2) is 102 Å². The summed E-state index contributed by atoms with van der Waals surface area (Å²) >= 11 is 1.41. The first kappa shape index (κ1) is 30.7. The first-order valence-electron chi connectivity index (χ1n) is 14.2. The number of anilines is 1. The van der Waals surface area contributed by atoms with E-state index >= 15 is 0 Å². The third-order valence-corrected chi connectivity index (χ3v) is 7.84. The summed E-state index contributed by atoms with van der Waals surface area (Å²) in [5.41, 5.74) is 3.73. The van der Waals surface area contributed by atoms with Crippen LogP contribution in [0.2, 0.25) is 0 Å². The summed E-state index contributed by atoms with van der Waals surface area (Å²) in [7, 11) is 3.25. The topological polar surface area (TPSA) is 72.9 Å². The van der Waals surface area contributed by atoms with Crippen LogP contribution in [0.1, 0.15) is 32.2 Å². The molecule has 0 spiro atoms. The summed E-state index contributed by atoms with van der Waals surface area (Å²) in [5, 5.41) is 5.10. The van der Waals surface area contributed by atoms with Crippen molar-refractivity contribution in [3.8, 4) is 17.2 Å². The van der Waals surface area contributed by atoms with Crippen LogP contribution in [-0.2, 0) is 26.1 Å². The van der Waals surface area contributed by atoms with Gasteiger partial charge in [-0.2, -0.15) is 0 Å². The Kier molecular flexibility index (Phi) is 10.6. The van der Waals surface area contributed by atoms with E-state index in [4.69, 9.17) is 14.2 Å². The SMILES string of the molecule is COc1ccc(CCN(Cc2ccc(OCc3ccccc3)cc2)Cc2nc(C(=O)Nc3ccccc3F)cs2)cc1OC. The predicted molar refractivity (Wildman–Crippen MR) is 171 cm³/mol. The molecule has 0 aliphatic rings. The molecule has 1 amide bonds. The molecule has 4 aromatic carbocycles. The van der Waals surface area contributed by atoms with Gasteiger partial charge in [0.25, 0.3) is 5.91 Å². The molecule has 9 heteroatoms. The molecule has 0 saturated heterocycles. The lowest BCUT2D eigenvalue weighted by Gasteiger charge is -2.22. The molecule has 226 valence electrons. The molecule has 0 aliphatic carbocycles. The number of hydrogen-bond acceptors (Lipinski definition) is 7. The van der Waals surface area contributed by atoms with Crippen molar-refractivity contribution in [2.24, 2.45) is 0 Å². The molecule has 5 rings (SSSR count). The molecule has 5 aromatic rings. The molecule has 1 N–H and O–H groups in total. The molecule has 0 unspecified atom stereocenters. The van der Waals surface area contributed by atoms with Crippen molar-refractivity contribution in [3.63, 3.8) is 0 Å². The Hall–Kier alpha value is -4.73. The average Bonchev–Trinajstić information content (AvgIpc) is 3.53. The van der Waals surface area contributed by atoms with Crippen LogP contribution in [-0.4, -0.2) is 36.6 Å². The normalized spacial score (nSPS) is 10.9. The number of nitrogens with one attached hydrogen (secondary N) is 1. The molecule has 0 atom stereocenters. The number of nitrogens with zero attached hydrogens (tertiary/aromatic N) is 2. The van der Waals surface area contributed by atoms with Gasteiger partial charge >= 0.3 is 0 Å². The van der Waals surface area contributed by atoms with Gasteiger partial charge in [-0.05, 0) is 59.5 Å². The lowest BCUT2D eigenvalue weighted by molar-refractivity contribution is 0.102. The maximum Gasteiger partial charge on any atom is 0.275 e. The maximum absolute atomic E-state index is 14.0. The van der Waals surface area contributed by atoms with Crippen molar-refractivity contribution in [3.05, 3.63) is 136 Å². The minimum Gasteiger partial charge on any atom is -0.493 e. The number of hydrogen-bond donors (Lipinski definition) is 1. The van der Waals surface area contributed by atoms with Crippen molar-refractivity contribution in [1.29, 1.82) is 0 Å². The molecule has 0 aliphatic heterocycles. The highest BCUT2D eigenvalue weighted by Crippen LogP contribution is 2.28. The fourth-order valence-electron chi connectivity index (χ4n) is 4.66. The number of carbonyl (C=O) groups is 1. The van der Waals surface area contributed by atoms with E-state index < -0.39 is 11.7 Å². The Morgan fingerprint density at radius 2 is 1.57 bits per heavy atom. The van der Waals surface area contributed by atoms with E-state index in [1.54, 1.807) is 31.7 Å². The average molecular weight is 612 g/mol. The van der Waals surface area contributed by atoms with Gasteiger partial charge in [-0.15, -0.1) is 11.3 Å². The Labute approximate surface area is 260 Å². The third kappa shape index (κ3) is 8.43. The van der Waals surface area contributed by atoms with Crippen LogP contribution in [0.4, 0.5) is 10.1 Å². The quantitative estimate of drug-likeness (QED) is 0.141. The van der Waals surface area contributed by atoms with E-state index in [2.05, 4.69) is 27.3 Å². The molecule has 0 bridgehead atoms. The number of aromatic nitrogens is 1. The third-order valence-electron chi connectivity index (χ3n) is 7.01. The van der Waals surface area contributed by atoms with Gasteiger partial charge < -0.3 is 19.5 Å². The standard InChI is InChI=1S/C35H34FN3O4S/c1-41-32-17-14-25(20-33(32)42-2)18-19-39(21-26-12-15-28(16-13-26)43-23-27-8-4-3-5-9-27)22-34-37-31(24-44-34)35(40)38-30-11-7-6-10-29(30)36/h3-17,20,24H,18-19,21-23H2,1-2H3,(H,38,40). The number of benzene rings is 4. The van der Waals surface area contributed by atoms with Gasteiger partial charge in [0.1, 0.15) is 28.9 Å². The zero-order valence-corrected chi connectivity index (χ0v) is 25.5. The molecular weight excluding hydrogens is 577 g/mol. The van der Waals surface area contributed by atoms with E-state index in [0.29, 0.717) is 31.2 Å². The first-order valence-corrected chi connectivity index (χ1v) is 15.1. The van der Waals surface area contributed by atoms with Crippen LogP contribution in [0.3, 0.4) is 0 Å². The summed E-state index contributed by atoms with van der Waals surface area (Å²) in [6, 6.07) is 30.2. The summed E-state index contributed by atoms with van der Waals surface area (Å²) in [4.78, 5) is 19.6. The van der Waals surface area contributed by atoms with Gasteiger partial charge in [0.05, 0.1) is 26.5 Å². The van der Waals surface area contributed by atoms with Crippen LogP contribution in [0, 0.1) is 5.82 Å². The summed E-state index contributed by atoms with van der Waals surface area (Å²) in [6.07, 6.45) is 0.768. The summed E-state index contributed by atoms with van der Waals surface area (Å²) < 4.78 is 30.9. The van der Waals surface area contributed by atoms with Gasteiger partial charge in [0.15, 0.2) is 11.5 Å². The van der Waals surface area contributed by atoms with Gasteiger partial charge in [0, 0.05) is 18.5 Å². The van der Waals surface area contributed by atoms with Crippen molar-refractivity contribution >= 4 is 22.9 Å². The zero-order chi connectivity index (χ0) is 30.7. The maximum atomic E-state index is 14.0. The van der Waals surface area contributed by atoms with E-state index in [1.807, 2.05) is 60.7 Å². The Morgan fingerprint density at radius 3 is 2.32 bits per heavy atom. The first-order chi connectivity index (χ1) is 21.5. The second-order valence-electron chi connectivity index (χ2n) is 10.1. The van der Waals surface area contributed by atoms with Gasteiger partial charge in [0.2, 0.25) is 0 Å². The summed E-state index contributed by atoms with van der Waals surface area (Å²) in [5.74, 6) is 1.24. The molecule has 0 saturated carbocycles. The number of carbonyl (C=O) groups excluding carboxylic acids is 1. The number of ether oxygens (including phenoxy) is 3. The lowest BCUT2D eigenvalue weighted by atomic mass is 10.1. The molecule has 1 aromatic heterocycles. The number of thiazole rings is 1. The number of methoxy groups -OCH3 is 2. The van der Waals surface area contributed by atoms with Crippen molar-refractivity contribution in [1.82, 2.24) is 9.88 Å². The molecule has 0 fully saturated rings. The van der Waals surface area contributed by atoms with Gasteiger partial charge in [-0.25, -0.2) is 9.37 Å². The smallest absolute Gasteiger partial charge is 0.275 e. The second-order valence-corrected chi connectivity index (χ2v) is 11.1. The minimum atomic E-state index is -0.492. The van der Waals surface area contributed by atoms with E-state index in [-0.39, 0.29) is 11.4 Å². The van der Waals surface area contributed by atoms with Gasteiger partial charge in [-0.3, -0.25) is 9.69 Å². The van der Waals surface area contributed by atoms with Crippen molar-refractivity contribution in [2.75, 3.05) is 26.1 Å². The Morgan fingerprint density at radius 1 is 0.841 bits per heavy atom. The second kappa shape index (κ2) is 15.1. The van der Waals surface area contributed by atoms with Crippen LogP contribution in [0.5, 0.6) is 17.2 Å².